The molecule has 1 heterocycles. The third kappa shape index (κ3) is 3.94. The number of nitrogens with zero attached hydrogens (tertiary/aromatic N) is 1. The fourth-order valence-electron chi connectivity index (χ4n) is 1.84. The van der Waals surface area contributed by atoms with E-state index in [-0.39, 0.29) is 10.8 Å². The van der Waals surface area contributed by atoms with E-state index in [1.54, 1.807) is 0 Å². The molecule has 0 aliphatic rings. The van der Waals surface area contributed by atoms with E-state index in [1.807, 2.05) is 30.3 Å². The van der Waals surface area contributed by atoms with Crippen LogP contribution in [0.2, 0.25) is 0 Å². The summed E-state index contributed by atoms with van der Waals surface area (Å²) in [6, 6.07) is 11.3. The van der Waals surface area contributed by atoms with Gasteiger partial charge in [0.15, 0.2) is 0 Å². The largest absolute Gasteiger partial charge is 0.351 e. The van der Waals surface area contributed by atoms with Gasteiger partial charge in [-0.1, -0.05) is 30.3 Å². The van der Waals surface area contributed by atoms with E-state index in [1.165, 1.54) is 25.5 Å². The maximum absolute atomic E-state index is 12.0. The monoisotopic (exact) mass is 338 g/mol. The van der Waals surface area contributed by atoms with Crippen LogP contribution in [0.5, 0.6) is 0 Å². The van der Waals surface area contributed by atoms with Crippen LogP contribution >= 0.6 is 11.3 Å². The Balaban J connectivity index is 1.95. The number of hydrogen-bond donors (Lipinski definition) is 1. The normalized spacial score (nSPS) is 11.6. The molecule has 0 atom stereocenters. The number of hydrogen-bond acceptors (Lipinski definition) is 4. The van der Waals surface area contributed by atoms with Crippen LogP contribution in [-0.2, 0) is 16.4 Å². The van der Waals surface area contributed by atoms with Gasteiger partial charge < -0.3 is 5.32 Å². The highest BCUT2D eigenvalue weighted by Crippen LogP contribution is 2.21. The Bertz CT molecular complexity index is 737. The smallest absolute Gasteiger partial charge is 0.261 e. The Labute approximate surface area is 134 Å². The predicted molar refractivity (Wildman–Crippen MR) is 87.7 cm³/mol. The number of thiophene rings is 1. The summed E-state index contributed by atoms with van der Waals surface area (Å²) in [4.78, 5) is 12.6. The number of carbonyl (C=O) groups excluding carboxylic acids is 1. The van der Waals surface area contributed by atoms with Gasteiger partial charge >= 0.3 is 0 Å². The Morgan fingerprint density at radius 3 is 2.55 bits per heavy atom. The van der Waals surface area contributed by atoms with Crippen molar-refractivity contribution in [2.24, 2.45) is 0 Å². The second-order valence-corrected chi connectivity index (χ2v) is 7.99. The van der Waals surface area contributed by atoms with E-state index in [4.69, 9.17) is 0 Å². The van der Waals surface area contributed by atoms with Gasteiger partial charge in [0, 0.05) is 26.0 Å². The molecule has 1 aromatic heterocycles. The first-order valence-corrected chi connectivity index (χ1v) is 9.06. The summed E-state index contributed by atoms with van der Waals surface area (Å²) < 4.78 is 25.1. The SMILES string of the molecule is CN(C)S(=O)(=O)c1csc(C(=O)NCCc2ccccc2)c1. The zero-order valence-corrected chi connectivity index (χ0v) is 14.1. The number of benzene rings is 1. The molecule has 1 N–H and O–H groups in total. The van der Waals surface area contributed by atoms with Crippen molar-refractivity contribution in [3.05, 3.63) is 52.2 Å². The van der Waals surface area contributed by atoms with E-state index in [0.29, 0.717) is 11.4 Å². The van der Waals surface area contributed by atoms with Gasteiger partial charge in [-0.05, 0) is 18.1 Å². The average molecular weight is 338 g/mol. The first kappa shape index (κ1) is 16.7. The van der Waals surface area contributed by atoms with Crippen LogP contribution in [0.1, 0.15) is 15.2 Å². The molecule has 1 amide bonds. The minimum absolute atomic E-state index is 0.149. The number of amides is 1. The molecule has 1 aromatic carbocycles. The molecular weight excluding hydrogens is 320 g/mol. The molecule has 0 unspecified atom stereocenters. The minimum Gasteiger partial charge on any atom is -0.351 e. The fourth-order valence-corrected chi connectivity index (χ4v) is 3.92. The summed E-state index contributed by atoms with van der Waals surface area (Å²) in [7, 11) is -0.560. The van der Waals surface area contributed by atoms with Crippen LogP contribution in [0.25, 0.3) is 0 Å². The summed E-state index contributed by atoms with van der Waals surface area (Å²) in [6.07, 6.45) is 0.737. The molecule has 0 bridgehead atoms. The Hall–Kier alpha value is -1.70. The maximum atomic E-state index is 12.0. The van der Waals surface area contributed by atoms with Crippen molar-refractivity contribution in [2.45, 2.75) is 11.3 Å². The van der Waals surface area contributed by atoms with Gasteiger partial charge in [-0.3, -0.25) is 4.79 Å². The molecule has 5 nitrogen and oxygen atoms in total. The highest BCUT2D eigenvalue weighted by Gasteiger charge is 2.20. The second-order valence-electron chi connectivity index (χ2n) is 4.93. The fraction of sp³-hybridized carbons (Fsp3) is 0.267. The van der Waals surface area contributed by atoms with Crippen LogP contribution in [-0.4, -0.2) is 39.3 Å². The van der Waals surface area contributed by atoms with Crippen molar-refractivity contribution in [1.29, 1.82) is 0 Å². The lowest BCUT2D eigenvalue weighted by atomic mass is 10.1. The Kier molecular flexibility index (Phi) is 5.33. The van der Waals surface area contributed by atoms with E-state index in [9.17, 15) is 13.2 Å². The van der Waals surface area contributed by atoms with E-state index in [0.717, 1.165) is 27.6 Å². The average Bonchev–Trinajstić information content (AvgIpc) is 2.98. The van der Waals surface area contributed by atoms with Gasteiger partial charge in [0.1, 0.15) is 0 Å². The molecule has 0 spiro atoms. The number of sulfonamides is 1. The predicted octanol–water partition coefficient (Wildman–Crippen LogP) is 1.97. The summed E-state index contributed by atoms with van der Waals surface area (Å²) in [5.74, 6) is -0.249. The molecule has 0 saturated carbocycles. The Morgan fingerprint density at radius 1 is 1.23 bits per heavy atom. The van der Waals surface area contributed by atoms with Crippen molar-refractivity contribution in [2.75, 3.05) is 20.6 Å². The first-order chi connectivity index (χ1) is 10.4. The van der Waals surface area contributed by atoms with Gasteiger partial charge in [-0.25, -0.2) is 12.7 Å². The van der Waals surface area contributed by atoms with Crippen LogP contribution in [0, 0.1) is 0 Å². The van der Waals surface area contributed by atoms with Crippen LogP contribution in [0.15, 0.2) is 46.7 Å². The molecule has 118 valence electrons. The molecule has 7 heteroatoms. The van der Waals surface area contributed by atoms with E-state index in [2.05, 4.69) is 5.32 Å². The highest BCUT2D eigenvalue weighted by molar-refractivity contribution is 7.89. The number of carbonyl (C=O) groups is 1. The van der Waals surface area contributed by atoms with Crippen molar-refractivity contribution in [3.63, 3.8) is 0 Å². The lowest BCUT2D eigenvalue weighted by Gasteiger charge is -2.08. The first-order valence-electron chi connectivity index (χ1n) is 6.74. The zero-order valence-electron chi connectivity index (χ0n) is 12.4. The minimum atomic E-state index is -3.49. The molecule has 2 aromatic rings. The maximum Gasteiger partial charge on any atom is 0.261 e. The van der Waals surface area contributed by atoms with Gasteiger partial charge in [-0.15, -0.1) is 11.3 Å². The zero-order chi connectivity index (χ0) is 16.2. The number of rotatable bonds is 6. The molecule has 22 heavy (non-hydrogen) atoms. The molecule has 2 rings (SSSR count). The lowest BCUT2D eigenvalue weighted by molar-refractivity contribution is 0.0958. The molecule has 0 radical (unpaired) electrons. The summed E-state index contributed by atoms with van der Waals surface area (Å²) in [5.41, 5.74) is 1.14. The Morgan fingerprint density at radius 2 is 1.91 bits per heavy atom. The summed E-state index contributed by atoms with van der Waals surface area (Å²) in [6.45, 7) is 0.510. The van der Waals surface area contributed by atoms with Crippen LogP contribution in [0.3, 0.4) is 0 Å². The van der Waals surface area contributed by atoms with Crippen LogP contribution in [0.4, 0.5) is 0 Å². The van der Waals surface area contributed by atoms with Gasteiger partial charge in [0.05, 0.1) is 9.77 Å². The van der Waals surface area contributed by atoms with Crippen molar-refractivity contribution in [3.8, 4) is 0 Å². The standard InChI is InChI=1S/C15H18N2O3S2/c1-17(2)22(19,20)13-10-14(21-11-13)15(18)16-9-8-12-6-4-3-5-7-12/h3-7,10-11H,8-9H2,1-2H3,(H,16,18). The van der Waals surface area contributed by atoms with Crippen molar-refractivity contribution >= 4 is 27.3 Å². The van der Waals surface area contributed by atoms with Gasteiger partial charge in [0.25, 0.3) is 5.91 Å². The van der Waals surface area contributed by atoms with Crippen LogP contribution < -0.4 is 5.32 Å². The lowest BCUT2D eigenvalue weighted by Crippen LogP contribution is -2.25. The molecule has 0 saturated heterocycles. The molecular formula is C15H18N2O3S2. The summed E-state index contributed by atoms with van der Waals surface area (Å²) >= 11 is 1.13. The van der Waals surface area contributed by atoms with Gasteiger partial charge in [0.2, 0.25) is 10.0 Å². The molecule has 0 fully saturated rings. The van der Waals surface area contributed by atoms with E-state index < -0.39 is 10.0 Å². The van der Waals surface area contributed by atoms with Crippen molar-refractivity contribution < 1.29 is 13.2 Å². The number of nitrogens with one attached hydrogen (secondary N) is 1. The third-order valence-electron chi connectivity index (χ3n) is 3.12. The summed E-state index contributed by atoms with van der Waals surface area (Å²) in [5, 5.41) is 4.29. The van der Waals surface area contributed by atoms with E-state index >= 15 is 0 Å². The topological polar surface area (TPSA) is 66.5 Å². The van der Waals surface area contributed by atoms with Gasteiger partial charge in [-0.2, -0.15) is 0 Å². The highest BCUT2D eigenvalue weighted by atomic mass is 32.2. The van der Waals surface area contributed by atoms with Crippen molar-refractivity contribution in [1.82, 2.24) is 9.62 Å². The third-order valence-corrected chi connectivity index (χ3v) is 5.99. The second kappa shape index (κ2) is 7.04. The molecule has 0 aliphatic heterocycles. The molecule has 0 aliphatic carbocycles. The quantitative estimate of drug-likeness (QED) is 0.876.